The maximum Gasteiger partial charge on any atom is 0.232 e. The first-order chi connectivity index (χ1) is 12.0. The van der Waals surface area contributed by atoms with Gasteiger partial charge in [-0.1, -0.05) is 24.3 Å². The van der Waals surface area contributed by atoms with Crippen LogP contribution in [0.25, 0.3) is 0 Å². The number of anilines is 2. The van der Waals surface area contributed by atoms with Crippen molar-refractivity contribution < 1.29 is 9.59 Å². The molecule has 2 aromatic carbocycles. The van der Waals surface area contributed by atoms with Crippen molar-refractivity contribution in [3.05, 3.63) is 59.2 Å². The molecule has 0 radical (unpaired) electrons. The number of amides is 2. The van der Waals surface area contributed by atoms with E-state index in [-0.39, 0.29) is 17.7 Å². The second-order valence-electron chi connectivity index (χ2n) is 7.04. The topological polar surface area (TPSA) is 40.6 Å². The second kappa shape index (κ2) is 6.03. The molecule has 0 bridgehead atoms. The van der Waals surface area contributed by atoms with Crippen molar-refractivity contribution in [2.45, 2.75) is 26.7 Å². The molecule has 0 aromatic heterocycles. The first-order valence-corrected chi connectivity index (χ1v) is 8.81. The predicted octanol–water partition coefficient (Wildman–Crippen LogP) is 3.25. The minimum atomic E-state index is -0.264. The van der Waals surface area contributed by atoms with Crippen molar-refractivity contribution in [2.24, 2.45) is 5.92 Å². The van der Waals surface area contributed by atoms with Crippen LogP contribution >= 0.6 is 0 Å². The predicted molar refractivity (Wildman–Crippen MR) is 98.9 cm³/mol. The van der Waals surface area contributed by atoms with Crippen LogP contribution in [0.5, 0.6) is 0 Å². The molecule has 1 fully saturated rings. The van der Waals surface area contributed by atoms with Crippen LogP contribution in [0.4, 0.5) is 11.4 Å². The molecule has 0 unspecified atom stereocenters. The van der Waals surface area contributed by atoms with E-state index in [1.165, 1.54) is 11.1 Å². The van der Waals surface area contributed by atoms with Gasteiger partial charge in [0, 0.05) is 30.9 Å². The van der Waals surface area contributed by atoms with Crippen molar-refractivity contribution in [1.29, 1.82) is 0 Å². The average molecular weight is 334 g/mol. The van der Waals surface area contributed by atoms with E-state index in [1.54, 1.807) is 4.90 Å². The van der Waals surface area contributed by atoms with Gasteiger partial charge in [0.2, 0.25) is 11.8 Å². The first kappa shape index (κ1) is 15.9. The van der Waals surface area contributed by atoms with Gasteiger partial charge in [-0.2, -0.15) is 0 Å². The van der Waals surface area contributed by atoms with Crippen molar-refractivity contribution in [1.82, 2.24) is 0 Å². The summed E-state index contributed by atoms with van der Waals surface area (Å²) in [6.07, 6.45) is 1.19. The molecule has 2 amide bonds. The lowest BCUT2D eigenvalue weighted by Gasteiger charge is -2.22. The van der Waals surface area contributed by atoms with Gasteiger partial charge in [0.15, 0.2) is 0 Å². The van der Waals surface area contributed by atoms with E-state index in [0.717, 1.165) is 23.4 Å². The lowest BCUT2D eigenvalue weighted by molar-refractivity contribution is -0.124. The Bertz CT molecular complexity index is 859. The standard InChI is InChI=1S/C21H22N2O2/c1-14-7-8-18(11-15(14)2)23-13-17(12-20(23)24)21(25)22-10-9-16-5-3-4-6-19(16)22/h3-8,11,17H,9-10,12-13H2,1-2H3/t17-/m0/s1. The minimum Gasteiger partial charge on any atom is -0.312 e. The van der Waals surface area contributed by atoms with E-state index in [2.05, 4.69) is 13.0 Å². The van der Waals surface area contributed by atoms with E-state index < -0.39 is 0 Å². The SMILES string of the molecule is Cc1ccc(N2C[C@@H](C(=O)N3CCc4ccccc43)CC2=O)cc1C. The highest BCUT2D eigenvalue weighted by atomic mass is 16.2. The second-order valence-corrected chi connectivity index (χ2v) is 7.04. The van der Waals surface area contributed by atoms with Crippen LogP contribution in [-0.2, 0) is 16.0 Å². The zero-order chi connectivity index (χ0) is 17.6. The van der Waals surface area contributed by atoms with Crippen LogP contribution in [0, 0.1) is 19.8 Å². The Hall–Kier alpha value is -2.62. The van der Waals surface area contributed by atoms with Gasteiger partial charge in [-0.15, -0.1) is 0 Å². The Labute approximate surface area is 148 Å². The van der Waals surface area contributed by atoms with Crippen LogP contribution in [-0.4, -0.2) is 24.9 Å². The summed E-state index contributed by atoms with van der Waals surface area (Å²) in [5.41, 5.74) is 5.48. The molecule has 2 aromatic rings. The first-order valence-electron chi connectivity index (χ1n) is 8.81. The number of benzene rings is 2. The van der Waals surface area contributed by atoms with Crippen LogP contribution in [0.3, 0.4) is 0 Å². The molecule has 4 heteroatoms. The Kier molecular flexibility index (Phi) is 3.83. The van der Waals surface area contributed by atoms with Crippen molar-refractivity contribution in [3.63, 3.8) is 0 Å². The minimum absolute atomic E-state index is 0.0362. The van der Waals surface area contributed by atoms with Gasteiger partial charge in [-0.05, 0) is 55.2 Å². The van der Waals surface area contributed by atoms with Gasteiger partial charge >= 0.3 is 0 Å². The number of fused-ring (bicyclic) bond motifs is 1. The van der Waals surface area contributed by atoms with Gasteiger partial charge in [0.1, 0.15) is 0 Å². The van der Waals surface area contributed by atoms with Crippen LogP contribution in [0.2, 0.25) is 0 Å². The molecule has 4 nitrogen and oxygen atoms in total. The third-order valence-electron chi connectivity index (χ3n) is 5.43. The summed E-state index contributed by atoms with van der Waals surface area (Å²) in [4.78, 5) is 29.1. The molecule has 0 spiro atoms. The molecule has 128 valence electrons. The average Bonchev–Trinajstić information content (AvgIpc) is 3.20. The zero-order valence-electron chi connectivity index (χ0n) is 14.7. The summed E-state index contributed by atoms with van der Waals surface area (Å²) in [5.74, 6) is -0.154. The summed E-state index contributed by atoms with van der Waals surface area (Å²) in [7, 11) is 0. The third-order valence-corrected chi connectivity index (χ3v) is 5.43. The van der Waals surface area contributed by atoms with Crippen LogP contribution in [0.15, 0.2) is 42.5 Å². The summed E-state index contributed by atoms with van der Waals surface area (Å²) < 4.78 is 0. The molecule has 0 N–H and O–H groups in total. The fraction of sp³-hybridized carbons (Fsp3) is 0.333. The summed E-state index contributed by atoms with van der Waals surface area (Å²) in [6, 6.07) is 14.1. The van der Waals surface area contributed by atoms with Gasteiger partial charge < -0.3 is 9.80 Å². The van der Waals surface area contributed by atoms with Crippen molar-refractivity contribution in [2.75, 3.05) is 22.9 Å². The highest BCUT2D eigenvalue weighted by Gasteiger charge is 2.39. The van der Waals surface area contributed by atoms with E-state index in [0.29, 0.717) is 19.5 Å². The Morgan fingerprint density at radius 1 is 1.08 bits per heavy atom. The van der Waals surface area contributed by atoms with Gasteiger partial charge in [-0.25, -0.2) is 0 Å². The Morgan fingerprint density at radius 3 is 2.68 bits per heavy atom. The number of aryl methyl sites for hydroxylation is 2. The van der Waals surface area contributed by atoms with Crippen LogP contribution in [0.1, 0.15) is 23.1 Å². The maximum absolute atomic E-state index is 13.0. The molecule has 0 aliphatic carbocycles. The number of nitrogens with zero attached hydrogens (tertiary/aromatic N) is 2. The number of carbonyl (C=O) groups excluding carboxylic acids is 2. The zero-order valence-corrected chi connectivity index (χ0v) is 14.7. The molecule has 1 saturated heterocycles. The Balaban J connectivity index is 1.54. The summed E-state index contributed by atoms with van der Waals surface area (Å²) in [6.45, 7) is 5.29. The molecule has 4 rings (SSSR count). The van der Waals surface area contributed by atoms with Crippen LogP contribution < -0.4 is 9.80 Å². The fourth-order valence-corrected chi connectivity index (χ4v) is 3.80. The molecule has 1 atom stereocenters. The molecule has 0 saturated carbocycles. The largest absolute Gasteiger partial charge is 0.312 e. The highest BCUT2D eigenvalue weighted by molar-refractivity contribution is 6.05. The summed E-state index contributed by atoms with van der Waals surface area (Å²) in [5, 5.41) is 0. The monoisotopic (exact) mass is 334 g/mol. The van der Waals surface area contributed by atoms with Crippen molar-refractivity contribution >= 4 is 23.2 Å². The molecule has 2 heterocycles. The van der Waals surface area contributed by atoms with Gasteiger partial charge in [0.05, 0.1) is 5.92 Å². The lowest BCUT2D eigenvalue weighted by atomic mass is 10.1. The molecular formula is C21H22N2O2. The fourth-order valence-electron chi connectivity index (χ4n) is 3.80. The number of rotatable bonds is 2. The van der Waals surface area contributed by atoms with Gasteiger partial charge in [-0.3, -0.25) is 9.59 Å². The number of para-hydroxylation sites is 1. The molecule has 2 aliphatic rings. The van der Waals surface area contributed by atoms with E-state index in [4.69, 9.17) is 0 Å². The van der Waals surface area contributed by atoms with E-state index in [1.807, 2.05) is 48.2 Å². The number of carbonyl (C=O) groups is 2. The third kappa shape index (κ3) is 2.72. The molecular weight excluding hydrogens is 312 g/mol. The van der Waals surface area contributed by atoms with Gasteiger partial charge in [0.25, 0.3) is 0 Å². The molecule has 2 aliphatic heterocycles. The normalized spacial score (nSPS) is 19.4. The lowest BCUT2D eigenvalue weighted by Crippen LogP contribution is -2.36. The highest BCUT2D eigenvalue weighted by Crippen LogP contribution is 2.32. The maximum atomic E-state index is 13.0. The summed E-state index contributed by atoms with van der Waals surface area (Å²) >= 11 is 0. The molecule has 25 heavy (non-hydrogen) atoms. The van der Waals surface area contributed by atoms with Crippen molar-refractivity contribution in [3.8, 4) is 0 Å². The number of hydrogen-bond acceptors (Lipinski definition) is 2. The Morgan fingerprint density at radius 2 is 1.88 bits per heavy atom. The number of hydrogen-bond donors (Lipinski definition) is 0. The van der Waals surface area contributed by atoms with E-state index in [9.17, 15) is 9.59 Å². The quantitative estimate of drug-likeness (QED) is 0.846. The van der Waals surface area contributed by atoms with E-state index >= 15 is 0 Å². The smallest absolute Gasteiger partial charge is 0.232 e.